The van der Waals surface area contributed by atoms with Crippen LogP contribution in [0.5, 0.6) is 0 Å². The lowest BCUT2D eigenvalue weighted by atomic mass is 9.77. The van der Waals surface area contributed by atoms with Gasteiger partial charge in [0.1, 0.15) is 5.65 Å². The maximum Gasteiger partial charge on any atom is 0.224 e. The van der Waals surface area contributed by atoms with Crippen LogP contribution < -0.4 is 10.6 Å². The van der Waals surface area contributed by atoms with Gasteiger partial charge >= 0.3 is 0 Å². The molecular weight excluding hydrogens is 310 g/mol. The van der Waals surface area contributed by atoms with Crippen LogP contribution in [0.2, 0.25) is 0 Å². The van der Waals surface area contributed by atoms with E-state index in [1.165, 1.54) is 56.0 Å². The molecule has 1 spiro atoms. The quantitative estimate of drug-likeness (QED) is 0.878. The summed E-state index contributed by atoms with van der Waals surface area (Å²) < 4.78 is 2.54. The zero-order valence-electron chi connectivity index (χ0n) is 14.8. The molecule has 1 aliphatic carbocycles. The van der Waals surface area contributed by atoms with Gasteiger partial charge in [0, 0.05) is 29.9 Å². The third-order valence-electron chi connectivity index (χ3n) is 6.24. The largest absolute Gasteiger partial charge is 0.350 e. The fourth-order valence-electron chi connectivity index (χ4n) is 4.99. The Balaban J connectivity index is 1.54. The lowest BCUT2D eigenvalue weighted by molar-refractivity contribution is 0.197. The van der Waals surface area contributed by atoms with E-state index in [9.17, 15) is 0 Å². The summed E-state index contributed by atoms with van der Waals surface area (Å²) in [6, 6.07) is 2.69. The van der Waals surface area contributed by atoms with E-state index in [0.29, 0.717) is 6.04 Å². The summed E-state index contributed by atoms with van der Waals surface area (Å²) in [5, 5.41) is 8.16. The zero-order valence-corrected chi connectivity index (χ0v) is 14.8. The Hall–Kier alpha value is -1.88. The molecular formula is C20H27N5. The van der Waals surface area contributed by atoms with E-state index in [4.69, 9.17) is 4.98 Å². The molecule has 132 valence electrons. The maximum atomic E-state index is 4.97. The third kappa shape index (κ3) is 2.65. The van der Waals surface area contributed by atoms with Crippen molar-refractivity contribution in [3.63, 3.8) is 0 Å². The van der Waals surface area contributed by atoms with Gasteiger partial charge in [-0.2, -0.15) is 4.98 Å². The van der Waals surface area contributed by atoms with Crippen LogP contribution in [0.15, 0.2) is 18.3 Å². The number of aromatic nitrogens is 3. The lowest BCUT2D eigenvalue weighted by Gasteiger charge is -2.41. The van der Waals surface area contributed by atoms with Crippen molar-refractivity contribution in [2.24, 2.45) is 0 Å². The molecule has 0 radical (unpaired) electrons. The molecule has 5 nitrogen and oxygen atoms in total. The van der Waals surface area contributed by atoms with E-state index in [2.05, 4.69) is 38.4 Å². The molecule has 2 N–H and O–H groups in total. The molecule has 4 heterocycles. The molecule has 1 atom stereocenters. The Bertz CT molecular complexity index is 794. The molecule has 0 aromatic carbocycles. The molecule has 5 heteroatoms. The number of nitrogens with zero attached hydrogens (tertiary/aromatic N) is 3. The van der Waals surface area contributed by atoms with Crippen molar-refractivity contribution < 1.29 is 0 Å². The first-order chi connectivity index (χ1) is 12.3. The molecule has 5 rings (SSSR count). The Morgan fingerprint density at radius 1 is 1.20 bits per heavy atom. The van der Waals surface area contributed by atoms with E-state index in [0.717, 1.165) is 31.1 Å². The molecule has 2 aliphatic heterocycles. The van der Waals surface area contributed by atoms with Crippen LogP contribution in [0.1, 0.15) is 57.1 Å². The normalized spacial score (nSPS) is 25.2. The van der Waals surface area contributed by atoms with Crippen LogP contribution >= 0.6 is 0 Å². The van der Waals surface area contributed by atoms with Crippen molar-refractivity contribution in [2.45, 2.75) is 62.9 Å². The minimum Gasteiger partial charge on any atom is -0.350 e. The Morgan fingerprint density at radius 3 is 2.96 bits per heavy atom. The van der Waals surface area contributed by atoms with Crippen molar-refractivity contribution in [3.8, 4) is 0 Å². The first-order valence-electron chi connectivity index (χ1n) is 9.87. The van der Waals surface area contributed by atoms with Crippen LogP contribution in [0.25, 0.3) is 17.1 Å². The fraction of sp³-hybridized carbons (Fsp3) is 0.600. The summed E-state index contributed by atoms with van der Waals surface area (Å²) in [5.41, 5.74) is 2.65. The minimum absolute atomic E-state index is 0.238. The summed E-state index contributed by atoms with van der Waals surface area (Å²) in [5.74, 6) is 0.780. The van der Waals surface area contributed by atoms with Crippen molar-refractivity contribution >= 4 is 23.1 Å². The van der Waals surface area contributed by atoms with Gasteiger partial charge in [0.15, 0.2) is 0 Å². The second-order valence-electron chi connectivity index (χ2n) is 7.96. The van der Waals surface area contributed by atoms with Gasteiger partial charge in [0.2, 0.25) is 5.95 Å². The Kier molecular flexibility index (Phi) is 3.77. The minimum atomic E-state index is 0.238. The van der Waals surface area contributed by atoms with Gasteiger partial charge < -0.3 is 15.2 Å². The van der Waals surface area contributed by atoms with E-state index >= 15 is 0 Å². The molecule has 2 aromatic heterocycles. The molecule has 0 amide bonds. The van der Waals surface area contributed by atoms with Gasteiger partial charge in [-0.25, -0.2) is 4.98 Å². The van der Waals surface area contributed by atoms with E-state index in [-0.39, 0.29) is 5.54 Å². The van der Waals surface area contributed by atoms with Gasteiger partial charge in [-0.15, -0.1) is 0 Å². The predicted octanol–water partition coefficient (Wildman–Crippen LogP) is 3.67. The van der Waals surface area contributed by atoms with Crippen LogP contribution in [0.3, 0.4) is 0 Å². The highest BCUT2D eigenvalue weighted by molar-refractivity contribution is 5.81. The number of hydrogen-bond acceptors (Lipinski definition) is 4. The predicted molar refractivity (Wildman–Crippen MR) is 102 cm³/mol. The van der Waals surface area contributed by atoms with E-state index in [1.54, 1.807) is 0 Å². The molecule has 0 bridgehead atoms. The number of allylic oxidation sites excluding steroid dienone is 1. The molecule has 2 aromatic rings. The van der Waals surface area contributed by atoms with Crippen molar-refractivity contribution in [1.82, 2.24) is 19.9 Å². The van der Waals surface area contributed by atoms with Gasteiger partial charge in [-0.1, -0.05) is 25.3 Å². The van der Waals surface area contributed by atoms with Crippen LogP contribution in [-0.4, -0.2) is 33.7 Å². The van der Waals surface area contributed by atoms with Gasteiger partial charge in [-0.05, 0) is 50.8 Å². The maximum absolute atomic E-state index is 4.97. The highest BCUT2D eigenvalue weighted by Crippen LogP contribution is 2.44. The summed E-state index contributed by atoms with van der Waals surface area (Å²) in [6.07, 6.45) is 16.7. The zero-order chi connectivity index (χ0) is 16.7. The van der Waals surface area contributed by atoms with Crippen molar-refractivity contribution in [1.29, 1.82) is 0 Å². The lowest BCUT2D eigenvalue weighted by Crippen LogP contribution is -2.39. The third-order valence-corrected chi connectivity index (χ3v) is 6.24. The van der Waals surface area contributed by atoms with Crippen LogP contribution in [0, 0.1) is 0 Å². The topological polar surface area (TPSA) is 54.8 Å². The van der Waals surface area contributed by atoms with Crippen molar-refractivity contribution in [3.05, 3.63) is 24.0 Å². The number of nitrogens with one attached hydrogen (secondary N) is 2. The van der Waals surface area contributed by atoms with Crippen LogP contribution in [-0.2, 0) is 5.54 Å². The summed E-state index contributed by atoms with van der Waals surface area (Å²) in [6.45, 7) is 2.12. The molecule has 25 heavy (non-hydrogen) atoms. The average Bonchev–Trinajstić information content (AvgIpc) is 3.03. The summed E-state index contributed by atoms with van der Waals surface area (Å²) in [7, 11) is 0. The highest BCUT2D eigenvalue weighted by Gasteiger charge is 2.37. The second-order valence-corrected chi connectivity index (χ2v) is 7.96. The van der Waals surface area contributed by atoms with Gasteiger partial charge in [-0.3, -0.25) is 0 Å². The number of rotatable bonds is 2. The molecule has 1 unspecified atom stereocenters. The first kappa shape index (κ1) is 15.4. The number of piperidine rings is 1. The monoisotopic (exact) mass is 337 g/mol. The van der Waals surface area contributed by atoms with E-state index in [1.807, 2.05) is 6.20 Å². The second kappa shape index (κ2) is 6.13. The van der Waals surface area contributed by atoms with E-state index < -0.39 is 0 Å². The number of hydrogen-bond donors (Lipinski definition) is 2. The van der Waals surface area contributed by atoms with Gasteiger partial charge in [0.25, 0.3) is 0 Å². The molecule has 3 aliphatic rings. The first-order valence-corrected chi connectivity index (χ1v) is 9.87. The summed E-state index contributed by atoms with van der Waals surface area (Å²) in [4.78, 5) is 9.56. The highest BCUT2D eigenvalue weighted by atomic mass is 15.2. The SMILES string of the molecule is C1=Cc2cc3cnc(NC4CCCNC4)nc3n2C2(C1)CCCCC2. The standard InChI is InChI=1S/C20H27N5/c1-2-8-20(9-3-1)10-4-7-17-12-15-13-22-19(24-18(15)25(17)20)23-16-6-5-11-21-14-16/h4,7,12-13,16,21H,1-3,5-6,8-11,14H2,(H,22,23,24). The van der Waals surface area contributed by atoms with Gasteiger partial charge in [0.05, 0.1) is 5.54 Å². The molecule has 1 saturated heterocycles. The molecule has 2 fully saturated rings. The Labute approximate surface area is 148 Å². The van der Waals surface area contributed by atoms with Crippen molar-refractivity contribution in [2.75, 3.05) is 18.4 Å². The number of fused-ring (bicyclic) bond motifs is 4. The Morgan fingerprint density at radius 2 is 2.12 bits per heavy atom. The summed E-state index contributed by atoms with van der Waals surface area (Å²) >= 11 is 0. The average molecular weight is 337 g/mol. The molecule has 1 saturated carbocycles. The number of anilines is 1. The fourth-order valence-corrected chi connectivity index (χ4v) is 4.99. The smallest absolute Gasteiger partial charge is 0.224 e. The van der Waals surface area contributed by atoms with Crippen LogP contribution in [0.4, 0.5) is 5.95 Å².